The minimum atomic E-state index is -0.625. The Kier molecular flexibility index (Phi) is 2.22. The highest BCUT2D eigenvalue weighted by molar-refractivity contribution is 5.25. The van der Waals surface area contributed by atoms with Gasteiger partial charge in [-0.1, -0.05) is 6.07 Å². The van der Waals surface area contributed by atoms with Gasteiger partial charge in [-0.15, -0.1) is 0 Å². The fourth-order valence-electron chi connectivity index (χ4n) is 1.03. The molecule has 1 radical (unpaired) electrons. The van der Waals surface area contributed by atoms with Crippen molar-refractivity contribution in [1.82, 2.24) is 14.8 Å². The predicted molar refractivity (Wildman–Crippen MR) is 45.2 cm³/mol. The first kappa shape index (κ1) is 8.80. The summed E-state index contributed by atoms with van der Waals surface area (Å²) in [6, 6.07) is 3.35. The summed E-state index contributed by atoms with van der Waals surface area (Å²) in [6.45, 7) is 1.42. The second kappa shape index (κ2) is 3.53. The third-order valence-electron chi connectivity index (χ3n) is 1.67. The van der Waals surface area contributed by atoms with E-state index in [1.54, 1.807) is 0 Å². The lowest BCUT2D eigenvalue weighted by atomic mass is 10.2. The Morgan fingerprint density at radius 2 is 2.14 bits per heavy atom. The van der Waals surface area contributed by atoms with E-state index < -0.39 is 11.6 Å². The molecular weight excluding hydrogens is 188 g/mol. The van der Waals surface area contributed by atoms with E-state index in [1.165, 1.54) is 36.0 Å². The first-order valence-corrected chi connectivity index (χ1v) is 3.90. The molecule has 0 saturated carbocycles. The Morgan fingerprint density at radius 3 is 2.79 bits per heavy atom. The van der Waals surface area contributed by atoms with Gasteiger partial charge in [-0.3, -0.25) is 0 Å². The topological polar surface area (TPSA) is 30.7 Å². The number of hydrogen-bond donors (Lipinski definition) is 0. The molecule has 2 aromatic rings. The van der Waals surface area contributed by atoms with E-state index in [0.717, 1.165) is 6.07 Å². The second-order valence-electron chi connectivity index (χ2n) is 2.67. The summed E-state index contributed by atoms with van der Waals surface area (Å²) in [5, 5.41) is 3.76. The summed E-state index contributed by atoms with van der Waals surface area (Å²) >= 11 is 0. The maximum absolute atomic E-state index is 13.1. The SMILES string of the molecule is Fc1ccc([CH]n2cncn2)c(F)c1. The van der Waals surface area contributed by atoms with Gasteiger partial charge in [-0.25, -0.2) is 18.4 Å². The summed E-state index contributed by atoms with van der Waals surface area (Å²) in [7, 11) is 0. The first-order chi connectivity index (χ1) is 6.75. The zero-order valence-corrected chi connectivity index (χ0v) is 7.06. The van der Waals surface area contributed by atoms with Crippen LogP contribution >= 0.6 is 0 Å². The summed E-state index contributed by atoms with van der Waals surface area (Å²) in [5.41, 5.74) is 0.261. The molecule has 0 spiro atoms. The van der Waals surface area contributed by atoms with Crippen molar-refractivity contribution in [2.75, 3.05) is 0 Å². The molecule has 0 aliphatic rings. The molecule has 0 saturated heterocycles. The Hall–Kier alpha value is -1.78. The maximum Gasteiger partial charge on any atom is 0.137 e. The van der Waals surface area contributed by atoms with Crippen LogP contribution in [0.25, 0.3) is 0 Å². The molecule has 71 valence electrons. The number of halogens is 2. The predicted octanol–water partition coefficient (Wildman–Crippen LogP) is 1.61. The minimum Gasteiger partial charge on any atom is -0.243 e. The number of nitrogens with zero attached hydrogens (tertiary/aromatic N) is 3. The Labute approximate surface area is 79.0 Å². The fraction of sp³-hybridized carbons (Fsp3) is 0. The molecule has 0 bridgehead atoms. The Balaban J connectivity index is 2.25. The second-order valence-corrected chi connectivity index (χ2v) is 2.67. The molecule has 0 aliphatic heterocycles. The molecule has 1 heterocycles. The summed E-state index contributed by atoms with van der Waals surface area (Å²) in [6.07, 6.45) is 2.75. The highest BCUT2D eigenvalue weighted by atomic mass is 19.1. The lowest BCUT2D eigenvalue weighted by Crippen LogP contribution is -1.99. The van der Waals surface area contributed by atoms with Gasteiger partial charge in [0.2, 0.25) is 0 Å². The van der Waals surface area contributed by atoms with E-state index in [-0.39, 0.29) is 5.56 Å². The summed E-state index contributed by atoms with van der Waals surface area (Å²) < 4.78 is 27.0. The van der Waals surface area contributed by atoms with Crippen molar-refractivity contribution in [3.8, 4) is 0 Å². The first-order valence-electron chi connectivity index (χ1n) is 3.90. The molecular formula is C9H6F2N3. The van der Waals surface area contributed by atoms with Crippen LogP contribution in [0.2, 0.25) is 0 Å². The molecule has 2 rings (SSSR count). The van der Waals surface area contributed by atoms with Crippen molar-refractivity contribution in [2.24, 2.45) is 0 Å². The lowest BCUT2D eigenvalue weighted by Gasteiger charge is -2.01. The van der Waals surface area contributed by atoms with E-state index in [4.69, 9.17) is 0 Å². The molecule has 0 N–H and O–H groups in total. The Bertz CT molecular complexity index is 426. The third kappa shape index (κ3) is 1.76. The minimum absolute atomic E-state index is 0.261. The van der Waals surface area contributed by atoms with Gasteiger partial charge in [0.05, 0.1) is 0 Å². The van der Waals surface area contributed by atoms with Crippen molar-refractivity contribution in [3.05, 3.63) is 54.6 Å². The van der Waals surface area contributed by atoms with Crippen LogP contribution in [-0.2, 0) is 0 Å². The van der Waals surface area contributed by atoms with Gasteiger partial charge in [0.25, 0.3) is 0 Å². The zero-order chi connectivity index (χ0) is 9.97. The van der Waals surface area contributed by atoms with E-state index in [9.17, 15) is 8.78 Å². The molecule has 0 amide bonds. The van der Waals surface area contributed by atoms with Crippen molar-refractivity contribution >= 4 is 0 Å². The van der Waals surface area contributed by atoms with E-state index >= 15 is 0 Å². The monoisotopic (exact) mass is 194 g/mol. The average Bonchev–Trinajstić information content (AvgIpc) is 2.62. The summed E-state index contributed by atoms with van der Waals surface area (Å²) in [5.74, 6) is -1.22. The van der Waals surface area contributed by atoms with Gasteiger partial charge in [-0.05, 0) is 6.07 Å². The van der Waals surface area contributed by atoms with Gasteiger partial charge >= 0.3 is 0 Å². The van der Waals surface area contributed by atoms with Crippen molar-refractivity contribution in [2.45, 2.75) is 0 Å². The molecule has 0 aliphatic carbocycles. The van der Waals surface area contributed by atoms with Gasteiger partial charge < -0.3 is 0 Å². The van der Waals surface area contributed by atoms with Gasteiger partial charge in [0, 0.05) is 11.6 Å². The van der Waals surface area contributed by atoms with Gasteiger partial charge in [0.15, 0.2) is 0 Å². The van der Waals surface area contributed by atoms with Gasteiger partial charge in [0.1, 0.15) is 30.8 Å². The van der Waals surface area contributed by atoms with Crippen LogP contribution in [0.4, 0.5) is 8.78 Å². The molecule has 14 heavy (non-hydrogen) atoms. The van der Waals surface area contributed by atoms with Crippen molar-refractivity contribution in [3.63, 3.8) is 0 Å². The van der Waals surface area contributed by atoms with E-state index in [0.29, 0.717) is 0 Å². The molecule has 1 aromatic carbocycles. The smallest absolute Gasteiger partial charge is 0.137 e. The summed E-state index contributed by atoms with van der Waals surface area (Å²) in [4.78, 5) is 3.69. The molecule has 1 aromatic heterocycles. The lowest BCUT2D eigenvalue weighted by molar-refractivity contribution is 0.575. The van der Waals surface area contributed by atoms with Crippen LogP contribution < -0.4 is 0 Å². The van der Waals surface area contributed by atoms with Crippen molar-refractivity contribution in [1.29, 1.82) is 0 Å². The van der Waals surface area contributed by atoms with Crippen LogP contribution in [0.5, 0.6) is 0 Å². The average molecular weight is 194 g/mol. The number of aromatic nitrogens is 3. The standard InChI is InChI=1S/C9H6F2N3/c10-8-2-1-7(9(11)3-8)4-14-6-12-5-13-14/h1-6H. The van der Waals surface area contributed by atoms with Gasteiger partial charge in [-0.2, -0.15) is 5.10 Å². The molecule has 5 heteroatoms. The molecule has 0 atom stereocenters. The highest BCUT2D eigenvalue weighted by Crippen LogP contribution is 2.11. The largest absolute Gasteiger partial charge is 0.243 e. The molecule has 3 nitrogen and oxygen atoms in total. The Morgan fingerprint density at radius 1 is 1.29 bits per heavy atom. The highest BCUT2D eigenvalue weighted by Gasteiger charge is 2.04. The van der Waals surface area contributed by atoms with Crippen LogP contribution in [0, 0.1) is 18.2 Å². The third-order valence-corrected chi connectivity index (χ3v) is 1.67. The van der Waals surface area contributed by atoms with Crippen LogP contribution in [0.1, 0.15) is 5.56 Å². The van der Waals surface area contributed by atoms with Crippen molar-refractivity contribution < 1.29 is 8.78 Å². The van der Waals surface area contributed by atoms with Crippen LogP contribution in [0.15, 0.2) is 30.9 Å². The molecule has 0 fully saturated rings. The maximum atomic E-state index is 13.1. The van der Waals surface area contributed by atoms with E-state index in [2.05, 4.69) is 10.1 Å². The normalized spacial score (nSPS) is 10.4. The fourth-order valence-corrected chi connectivity index (χ4v) is 1.03. The quantitative estimate of drug-likeness (QED) is 0.727. The van der Waals surface area contributed by atoms with E-state index in [1.807, 2.05) is 0 Å². The number of benzene rings is 1. The zero-order valence-electron chi connectivity index (χ0n) is 7.06. The molecule has 0 unspecified atom stereocenters. The van der Waals surface area contributed by atoms with Crippen LogP contribution in [0.3, 0.4) is 0 Å². The number of rotatable bonds is 2. The van der Waals surface area contributed by atoms with Crippen LogP contribution in [-0.4, -0.2) is 14.8 Å². The number of hydrogen-bond acceptors (Lipinski definition) is 2.